The van der Waals surface area contributed by atoms with E-state index >= 15 is 0 Å². The highest BCUT2D eigenvalue weighted by atomic mass is 32.1. The van der Waals surface area contributed by atoms with Gasteiger partial charge in [0.25, 0.3) is 0 Å². The molecule has 0 spiro atoms. The van der Waals surface area contributed by atoms with E-state index in [1.165, 1.54) is 6.07 Å². The summed E-state index contributed by atoms with van der Waals surface area (Å²) < 4.78 is 77.6. The maximum absolute atomic E-state index is 12.6. The van der Waals surface area contributed by atoms with Crippen LogP contribution in [0.4, 0.5) is 32.2 Å². The second-order valence-corrected chi connectivity index (χ2v) is 5.49. The van der Waals surface area contributed by atoms with Gasteiger partial charge < -0.3 is 10.1 Å². The third-order valence-electron chi connectivity index (χ3n) is 2.81. The van der Waals surface area contributed by atoms with E-state index in [0.717, 1.165) is 29.0 Å². The van der Waals surface area contributed by atoms with Crippen molar-refractivity contribution < 1.29 is 31.1 Å². The van der Waals surface area contributed by atoms with Gasteiger partial charge in [-0.3, -0.25) is 0 Å². The van der Waals surface area contributed by atoms with Crippen LogP contribution in [0.5, 0.6) is 5.75 Å². The molecular weight excluding hydrogens is 360 g/mol. The average Bonchev–Trinajstić information content (AvgIpc) is 2.94. The zero-order valence-electron chi connectivity index (χ0n) is 12.1. The summed E-state index contributed by atoms with van der Waals surface area (Å²) in [5, 5.41) is 3.95. The van der Waals surface area contributed by atoms with E-state index in [0.29, 0.717) is 6.42 Å². The number of nitrogens with one attached hydrogen (secondary N) is 1. The van der Waals surface area contributed by atoms with Crippen molar-refractivity contribution in [2.75, 3.05) is 5.32 Å². The van der Waals surface area contributed by atoms with Crippen molar-refractivity contribution in [1.82, 2.24) is 9.97 Å². The predicted octanol–water partition coefficient (Wildman–Crippen LogP) is 5.02. The Morgan fingerprint density at radius 3 is 2.38 bits per heavy atom. The van der Waals surface area contributed by atoms with Crippen LogP contribution in [0, 0.1) is 0 Å². The molecule has 4 nitrogen and oxygen atoms in total. The van der Waals surface area contributed by atoms with Crippen molar-refractivity contribution in [3.63, 3.8) is 0 Å². The molecule has 0 bridgehead atoms. The third-order valence-corrected chi connectivity index (χ3v) is 3.77. The van der Waals surface area contributed by atoms with Crippen LogP contribution in [0.1, 0.15) is 30.1 Å². The lowest BCUT2D eigenvalue weighted by atomic mass is 10.2. The summed E-state index contributed by atoms with van der Waals surface area (Å²) in [6.45, 7) is 1.73. The van der Waals surface area contributed by atoms with Crippen LogP contribution in [-0.2, 0) is 6.18 Å². The summed E-state index contributed by atoms with van der Waals surface area (Å²) in [6, 6.07) is 1.74. The van der Waals surface area contributed by atoms with Crippen LogP contribution in [0.2, 0.25) is 0 Å². The predicted molar refractivity (Wildman–Crippen MR) is 74.7 cm³/mol. The Bertz CT molecular complexity index is 668. The number of ether oxygens (including phenoxy) is 1. The Balaban J connectivity index is 2.09. The molecule has 2 rings (SSSR count). The summed E-state index contributed by atoms with van der Waals surface area (Å²) in [5.41, 5.74) is -0.982. The zero-order chi connectivity index (χ0) is 18.0. The van der Waals surface area contributed by atoms with Gasteiger partial charge in [-0.1, -0.05) is 6.92 Å². The number of rotatable bonds is 5. The van der Waals surface area contributed by atoms with Crippen LogP contribution in [0.25, 0.3) is 0 Å². The fourth-order valence-electron chi connectivity index (χ4n) is 1.75. The first-order valence-corrected chi connectivity index (χ1v) is 7.47. The second kappa shape index (κ2) is 6.83. The summed E-state index contributed by atoms with van der Waals surface area (Å²) >= 11 is 0.845. The van der Waals surface area contributed by atoms with E-state index in [1.807, 2.05) is 0 Å². The monoisotopic (exact) mass is 371 g/mol. The maximum atomic E-state index is 12.6. The molecular formula is C13H11F6N3OS. The second-order valence-electron chi connectivity index (χ2n) is 4.60. The molecule has 0 fully saturated rings. The first kappa shape index (κ1) is 18.3. The molecule has 2 aromatic rings. The average molecular weight is 371 g/mol. The fraction of sp³-hybridized carbons (Fsp3) is 0.385. The van der Waals surface area contributed by atoms with Gasteiger partial charge in [0.15, 0.2) is 5.69 Å². The molecule has 0 aliphatic heterocycles. The highest BCUT2D eigenvalue weighted by Gasteiger charge is 2.34. The molecule has 1 unspecified atom stereocenters. The van der Waals surface area contributed by atoms with Crippen molar-refractivity contribution in [3.8, 4) is 5.75 Å². The van der Waals surface area contributed by atoms with Gasteiger partial charge in [-0.15, -0.1) is 24.5 Å². The molecule has 0 amide bonds. The number of halogens is 6. The Morgan fingerprint density at radius 1 is 1.21 bits per heavy atom. The molecule has 0 aliphatic carbocycles. The quantitative estimate of drug-likeness (QED) is 0.750. The topological polar surface area (TPSA) is 47.0 Å². The number of nitrogens with zero attached hydrogens (tertiary/aromatic N) is 2. The Hall–Kier alpha value is -2.04. The highest BCUT2D eigenvalue weighted by molar-refractivity contribution is 7.09. The summed E-state index contributed by atoms with van der Waals surface area (Å²) in [6.07, 6.45) is -8.07. The van der Waals surface area contributed by atoms with Gasteiger partial charge in [0.1, 0.15) is 16.6 Å². The maximum Gasteiger partial charge on any atom is 0.573 e. The van der Waals surface area contributed by atoms with E-state index in [-0.39, 0.29) is 10.8 Å². The summed E-state index contributed by atoms with van der Waals surface area (Å²) in [5.74, 6) is -0.296. The van der Waals surface area contributed by atoms with Crippen LogP contribution in [0.3, 0.4) is 0 Å². The van der Waals surface area contributed by atoms with Gasteiger partial charge in [-0.25, -0.2) is 9.97 Å². The Labute approximate surface area is 136 Å². The minimum absolute atomic E-state index is 0.195. The minimum atomic E-state index is -4.82. The van der Waals surface area contributed by atoms with Crippen LogP contribution < -0.4 is 10.1 Å². The van der Waals surface area contributed by atoms with Crippen molar-refractivity contribution in [2.24, 2.45) is 0 Å². The smallest absolute Gasteiger partial charge is 0.404 e. The molecule has 24 heavy (non-hydrogen) atoms. The van der Waals surface area contributed by atoms with Crippen molar-refractivity contribution >= 4 is 17.2 Å². The third kappa shape index (κ3) is 4.98. The SMILES string of the molecule is CCC(Nc1ccc(OC(F)(F)F)cn1)c1nc(C(F)(F)F)cs1. The number of alkyl halides is 6. The van der Waals surface area contributed by atoms with E-state index in [4.69, 9.17) is 0 Å². The lowest BCUT2D eigenvalue weighted by Gasteiger charge is -2.15. The van der Waals surface area contributed by atoms with E-state index in [9.17, 15) is 26.3 Å². The van der Waals surface area contributed by atoms with Gasteiger partial charge in [0.2, 0.25) is 0 Å². The number of thiazole rings is 1. The molecule has 0 saturated carbocycles. The molecule has 0 saturated heterocycles. The number of hydrogen-bond acceptors (Lipinski definition) is 5. The van der Waals surface area contributed by atoms with E-state index < -0.39 is 30.0 Å². The van der Waals surface area contributed by atoms with Crippen molar-refractivity contribution in [1.29, 1.82) is 0 Å². The molecule has 0 aliphatic rings. The van der Waals surface area contributed by atoms with Crippen LogP contribution in [-0.4, -0.2) is 16.3 Å². The van der Waals surface area contributed by atoms with Gasteiger partial charge >= 0.3 is 12.5 Å². The molecule has 0 aromatic carbocycles. The van der Waals surface area contributed by atoms with E-state index in [2.05, 4.69) is 20.0 Å². The number of aromatic nitrogens is 2. The summed E-state index contributed by atoms with van der Waals surface area (Å²) in [4.78, 5) is 7.29. The first-order valence-electron chi connectivity index (χ1n) is 6.59. The van der Waals surface area contributed by atoms with Crippen molar-refractivity contribution in [3.05, 3.63) is 34.4 Å². The first-order chi connectivity index (χ1) is 11.1. The standard InChI is InChI=1S/C13H11F6N3OS/c1-2-8(11-22-9(6-24-11)12(14,15)16)21-10-4-3-7(5-20-10)23-13(17,18)19/h3-6,8H,2H2,1H3,(H,20,21). The summed E-state index contributed by atoms with van der Waals surface area (Å²) in [7, 11) is 0. The van der Waals surface area contributed by atoms with Gasteiger partial charge in [0.05, 0.1) is 12.2 Å². The molecule has 11 heteroatoms. The van der Waals surface area contributed by atoms with Crippen LogP contribution in [0.15, 0.2) is 23.7 Å². The number of pyridine rings is 1. The molecule has 132 valence electrons. The van der Waals surface area contributed by atoms with E-state index in [1.54, 1.807) is 6.92 Å². The number of anilines is 1. The van der Waals surface area contributed by atoms with Crippen molar-refractivity contribution in [2.45, 2.75) is 31.9 Å². The number of hydrogen-bond donors (Lipinski definition) is 1. The van der Waals surface area contributed by atoms with Gasteiger partial charge in [-0.2, -0.15) is 13.2 Å². The molecule has 2 aromatic heterocycles. The zero-order valence-corrected chi connectivity index (χ0v) is 12.9. The largest absolute Gasteiger partial charge is 0.573 e. The minimum Gasteiger partial charge on any atom is -0.404 e. The lowest BCUT2D eigenvalue weighted by molar-refractivity contribution is -0.274. The fourth-order valence-corrected chi connectivity index (χ4v) is 2.71. The Morgan fingerprint density at radius 2 is 1.92 bits per heavy atom. The molecule has 2 heterocycles. The molecule has 1 atom stereocenters. The van der Waals surface area contributed by atoms with Crippen LogP contribution >= 0.6 is 11.3 Å². The van der Waals surface area contributed by atoms with Gasteiger partial charge in [-0.05, 0) is 18.6 Å². The van der Waals surface area contributed by atoms with Gasteiger partial charge in [0, 0.05) is 5.38 Å². The lowest BCUT2D eigenvalue weighted by Crippen LogP contribution is -2.17. The normalized spacial score (nSPS) is 13.6. The molecule has 0 radical (unpaired) electrons. The molecule has 1 N–H and O–H groups in total. The Kier molecular flexibility index (Phi) is 5.21. The highest BCUT2D eigenvalue weighted by Crippen LogP contribution is 2.33.